The second-order valence-electron chi connectivity index (χ2n) is 6.06. The minimum atomic E-state index is 0.257. The van der Waals surface area contributed by atoms with Gasteiger partial charge in [-0.25, -0.2) is 0 Å². The van der Waals surface area contributed by atoms with Crippen molar-refractivity contribution in [3.8, 4) is 11.5 Å². The van der Waals surface area contributed by atoms with E-state index < -0.39 is 0 Å². The van der Waals surface area contributed by atoms with Crippen LogP contribution in [0.1, 0.15) is 45.6 Å². The molecule has 2 aromatic rings. The first-order valence-corrected chi connectivity index (χ1v) is 8.93. The first-order chi connectivity index (χ1) is 11.7. The number of rotatable bonds is 10. The van der Waals surface area contributed by atoms with Crippen LogP contribution in [-0.2, 0) is 6.54 Å². The highest BCUT2D eigenvalue weighted by Gasteiger charge is 2.01. The van der Waals surface area contributed by atoms with Crippen LogP contribution in [0.5, 0.6) is 11.5 Å². The Balaban J connectivity index is 1.80. The van der Waals surface area contributed by atoms with E-state index in [9.17, 15) is 0 Å². The maximum absolute atomic E-state index is 5.80. The molecule has 24 heavy (non-hydrogen) atoms. The van der Waals surface area contributed by atoms with E-state index in [1.54, 1.807) is 0 Å². The van der Waals surface area contributed by atoms with Crippen LogP contribution in [0.4, 0.5) is 5.69 Å². The molecule has 0 heterocycles. The summed E-state index contributed by atoms with van der Waals surface area (Å²) >= 11 is 0. The third kappa shape index (κ3) is 6.15. The SMILES string of the molecule is CCCCOc1ccc(NCc2ccc(OC(C)CC)cc2)cc1. The van der Waals surface area contributed by atoms with Gasteiger partial charge < -0.3 is 14.8 Å². The van der Waals surface area contributed by atoms with E-state index in [0.717, 1.165) is 49.6 Å². The quantitative estimate of drug-likeness (QED) is 0.572. The van der Waals surface area contributed by atoms with E-state index in [4.69, 9.17) is 9.47 Å². The number of unbranched alkanes of at least 4 members (excludes halogenated alkanes) is 1. The van der Waals surface area contributed by atoms with Crippen LogP contribution in [0.25, 0.3) is 0 Å². The van der Waals surface area contributed by atoms with Crippen LogP contribution in [0, 0.1) is 0 Å². The molecule has 2 rings (SSSR count). The van der Waals surface area contributed by atoms with Gasteiger partial charge in [-0.2, -0.15) is 0 Å². The van der Waals surface area contributed by atoms with E-state index >= 15 is 0 Å². The lowest BCUT2D eigenvalue weighted by molar-refractivity contribution is 0.217. The average Bonchev–Trinajstić information content (AvgIpc) is 2.62. The molecule has 0 bridgehead atoms. The van der Waals surface area contributed by atoms with Gasteiger partial charge in [-0.3, -0.25) is 0 Å². The molecule has 130 valence electrons. The van der Waals surface area contributed by atoms with Crippen molar-refractivity contribution in [1.29, 1.82) is 0 Å². The van der Waals surface area contributed by atoms with Crippen LogP contribution in [0.15, 0.2) is 48.5 Å². The summed E-state index contributed by atoms with van der Waals surface area (Å²) in [7, 11) is 0. The molecule has 1 atom stereocenters. The molecular weight excluding hydrogens is 298 g/mol. The fourth-order valence-electron chi connectivity index (χ4n) is 2.21. The van der Waals surface area contributed by atoms with Crippen LogP contribution >= 0.6 is 0 Å². The Morgan fingerprint density at radius 2 is 1.58 bits per heavy atom. The van der Waals surface area contributed by atoms with Crippen molar-refractivity contribution in [2.75, 3.05) is 11.9 Å². The lowest BCUT2D eigenvalue weighted by Crippen LogP contribution is -2.09. The summed E-state index contributed by atoms with van der Waals surface area (Å²) in [6.07, 6.45) is 3.52. The molecular formula is C21H29NO2. The number of hydrogen-bond acceptors (Lipinski definition) is 3. The van der Waals surface area contributed by atoms with Crippen LogP contribution < -0.4 is 14.8 Å². The van der Waals surface area contributed by atoms with E-state index in [1.807, 2.05) is 24.3 Å². The summed E-state index contributed by atoms with van der Waals surface area (Å²) in [4.78, 5) is 0. The number of nitrogens with one attached hydrogen (secondary N) is 1. The highest BCUT2D eigenvalue weighted by molar-refractivity contribution is 5.47. The molecule has 0 aromatic heterocycles. The molecule has 0 saturated heterocycles. The molecule has 0 saturated carbocycles. The monoisotopic (exact) mass is 327 g/mol. The van der Waals surface area contributed by atoms with Crippen LogP contribution in [0.3, 0.4) is 0 Å². The average molecular weight is 327 g/mol. The predicted molar refractivity (Wildman–Crippen MR) is 101 cm³/mol. The molecule has 0 aliphatic heterocycles. The van der Waals surface area contributed by atoms with Gasteiger partial charge in [0.05, 0.1) is 12.7 Å². The van der Waals surface area contributed by atoms with Gasteiger partial charge in [0, 0.05) is 12.2 Å². The molecule has 0 spiro atoms. The van der Waals surface area contributed by atoms with Gasteiger partial charge in [0.2, 0.25) is 0 Å². The Morgan fingerprint density at radius 1 is 0.917 bits per heavy atom. The van der Waals surface area contributed by atoms with Crippen molar-refractivity contribution in [2.24, 2.45) is 0 Å². The predicted octanol–water partition coefficient (Wildman–Crippen LogP) is 5.65. The van der Waals surface area contributed by atoms with Gasteiger partial charge >= 0.3 is 0 Å². The summed E-state index contributed by atoms with van der Waals surface area (Å²) in [6, 6.07) is 16.4. The Kier molecular flexibility index (Phi) is 7.47. The van der Waals surface area contributed by atoms with Crippen molar-refractivity contribution in [3.05, 3.63) is 54.1 Å². The molecule has 0 aliphatic carbocycles. The highest BCUT2D eigenvalue weighted by atomic mass is 16.5. The lowest BCUT2D eigenvalue weighted by Gasteiger charge is -2.13. The van der Waals surface area contributed by atoms with Crippen molar-refractivity contribution < 1.29 is 9.47 Å². The second-order valence-corrected chi connectivity index (χ2v) is 6.06. The fourth-order valence-corrected chi connectivity index (χ4v) is 2.21. The van der Waals surface area contributed by atoms with Crippen molar-refractivity contribution >= 4 is 5.69 Å². The molecule has 0 amide bonds. The molecule has 1 unspecified atom stereocenters. The summed E-state index contributed by atoms with van der Waals surface area (Å²) in [5, 5.41) is 3.43. The maximum Gasteiger partial charge on any atom is 0.119 e. The van der Waals surface area contributed by atoms with Crippen LogP contribution in [-0.4, -0.2) is 12.7 Å². The second kappa shape index (κ2) is 9.86. The minimum absolute atomic E-state index is 0.257. The van der Waals surface area contributed by atoms with Gasteiger partial charge in [0.1, 0.15) is 11.5 Å². The Labute approximate surface area is 146 Å². The van der Waals surface area contributed by atoms with Gasteiger partial charge in [-0.1, -0.05) is 32.4 Å². The lowest BCUT2D eigenvalue weighted by atomic mass is 10.2. The summed E-state index contributed by atoms with van der Waals surface area (Å²) in [5.74, 6) is 1.86. The molecule has 1 N–H and O–H groups in total. The largest absolute Gasteiger partial charge is 0.494 e. The van der Waals surface area contributed by atoms with Crippen molar-refractivity contribution in [2.45, 2.75) is 52.7 Å². The smallest absolute Gasteiger partial charge is 0.119 e. The van der Waals surface area contributed by atoms with Crippen LogP contribution in [0.2, 0.25) is 0 Å². The first kappa shape index (κ1) is 18.2. The Morgan fingerprint density at radius 3 is 2.21 bits per heavy atom. The van der Waals surface area contributed by atoms with Crippen molar-refractivity contribution in [1.82, 2.24) is 0 Å². The Hall–Kier alpha value is -2.16. The first-order valence-electron chi connectivity index (χ1n) is 8.93. The van der Waals surface area contributed by atoms with Gasteiger partial charge in [-0.05, 0) is 61.7 Å². The third-order valence-electron chi connectivity index (χ3n) is 3.95. The van der Waals surface area contributed by atoms with E-state index in [1.165, 1.54) is 5.56 Å². The normalized spacial score (nSPS) is 11.8. The van der Waals surface area contributed by atoms with Gasteiger partial charge in [0.15, 0.2) is 0 Å². The molecule has 3 nitrogen and oxygen atoms in total. The fraction of sp³-hybridized carbons (Fsp3) is 0.429. The topological polar surface area (TPSA) is 30.5 Å². The van der Waals surface area contributed by atoms with E-state index in [2.05, 4.69) is 50.4 Å². The Bertz CT molecular complexity index is 578. The molecule has 0 radical (unpaired) electrons. The number of ether oxygens (including phenoxy) is 2. The maximum atomic E-state index is 5.80. The number of benzene rings is 2. The molecule has 0 aliphatic rings. The zero-order valence-electron chi connectivity index (χ0n) is 15.0. The van der Waals surface area contributed by atoms with Crippen molar-refractivity contribution in [3.63, 3.8) is 0 Å². The minimum Gasteiger partial charge on any atom is -0.494 e. The summed E-state index contributed by atoms with van der Waals surface area (Å²) in [6.45, 7) is 7.96. The third-order valence-corrected chi connectivity index (χ3v) is 3.95. The molecule has 3 heteroatoms. The number of hydrogen-bond donors (Lipinski definition) is 1. The zero-order chi connectivity index (χ0) is 17.2. The molecule has 0 fully saturated rings. The van der Waals surface area contributed by atoms with E-state index in [-0.39, 0.29) is 6.10 Å². The standard InChI is InChI=1S/C21H29NO2/c1-4-6-15-23-20-13-9-19(10-14-20)22-16-18-7-11-21(12-8-18)24-17(3)5-2/h7-14,17,22H,4-6,15-16H2,1-3H3. The summed E-state index contributed by atoms with van der Waals surface area (Å²) in [5.41, 5.74) is 2.33. The zero-order valence-corrected chi connectivity index (χ0v) is 15.0. The van der Waals surface area contributed by atoms with Gasteiger partial charge in [0.25, 0.3) is 0 Å². The molecule has 2 aromatic carbocycles. The van der Waals surface area contributed by atoms with E-state index in [0.29, 0.717) is 0 Å². The highest BCUT2D eigenvalue weighted by Crippen LogP contribution is 2.18. The summed E-state index contributed by atoms with van der Waals surface area (Å²) < 4.78 is 11.5. The van der Waals surface area contributed by atoms with Gasteiger partial charge in [-0.15, -0.1) is 0 Å². The number of anilines is 1.